The number of carbonyl (C=O) groups is 2. The fourth-order valence-electron chi connectivity index (χ4n) is 5.12. The van der Waals surface area contributed by atoms with Crippen molar-refractivity contribution in [2.75, 3.05) is 32.7 Å². The second-order valence-corrected chi connectivity index (χ2v) is 11.0. The minimum absolute atomic E-state index is 0.000329. The molecule has 3 saturated heterocycles. The van der Waals surface area contributed by atoms with Gasteiger partial charge in [0, 0.05) is 38.6 Å². The molecule has 1 unspecified atom stereocenters. The topological polar surface area (TPSA) is 78.0 Å². The zero-order valence-electron chi connectivity index (χ0n) is 18.4. The molecule has 0 N–H and O–H groups in total. The highest BCUT2D eigenvalue weighted by atomic mass is 32.2. The monoisotopic (exact) mass is 465 g/mol. The third kappa shape index (κ3) is 4.83. The number of halogens is 1. The average Bonchev–Trinajstić information content (AvgIpc) is 3.15. The third-order valence-corrected chi connectivity index (χ3v) is 8.90. The minimum atomic E-state index is -3.87. The molecule has 0 bridgehead atoms. The Hall–Kier alpha value is -2.00. The lowest BCUT2D eigenvalue weighted by Gasteiger charge is -2.36. The van der Waals surface area contributed by atoms with Crippen LogP contribution in [0.25, 0.3) is 0 Å². The second-order valence-electron chi connectivity index (χ2n) is 9.07. The second kappa shape index (κ2) is 9.87. The number of benzene rings is 1. The quantitative estimate of drug-likeness (QED) is 0.685. The van der Waals surface area contributed by atoms with Crippen LogP contribution >= 0.6 is 0 Å². The number of sulfonamides is 1. The highest BCUT2D eigenvalue weighted by molar-refractivity contribution is 7.89. The molecule has 2 amide bonds. The van der Waals surface area contributed by atoms with Gasteiger partial charge in [-0.1, -0.05) is 12.8 Å². The Balaban J connectivity index is 1.38. The molecule has 3 fully saturated rings. The summed E-state index contributed by atoms with van der Waals surface area (Å²) in [5.74, 6) is -0.537. The number of hydrogen-bond donors (Lipinski definition) is 0. The molecule has 0 saturated carbocycles. The molecule has 1 aromatic rings. The van der Waals surface area contributed by atoms with Crippen LogP contribution < -0.4 is 0 Å². The molecule has 0 aromatic heterocycles. The van der Waals surface area contributed by atoms with Crippen LogP contribution in [0.3, 0.4) is 0 Å². The van der Waals surface area contributed by atoms with Crippen LogP contribution in [0.1, 0.15) is 51.4 Å². The summed E-state index contributed by atoms with van der Waals surface area (Å²) in [4.78, 5) is 29.8. The molecule has 0 spiro atoms. The number of nitrogens with zero attached hydrogens (tertiary/aromatic N) is 3. The summed E-state index contributed by atoms with van der Waals surface area (Å²) in [6, 6.07) is 3.98. The summed E-state index contributed by atoms with van der Waals surface area (Å²) in [5.41, 5.74) is 0. The molecule has 9 heteroatoms. The fraction of sp³-hybridized carbons (Fsp3) is 0.652. The smallest absolute Gasteiger partial charge is 0.243 e. The Kier molecular flexibility index (Phi) is 7.14. The summed E-state index contributed by atoms with van der Waals surface area (Å²) < 4.78 is 40.6. The predicted octanol–water partition coefficient (Wildman–Crippen LogP) is 2.62. The van der Waals surface area contributed by atoms with E-state index in [0.717, 1.165) is 38.1 Å². The van der Waals surface area contributed by atoms with Gasteiger partial charge in [-0.15, -0.1) is 0 Å². The molecule has 32 heavy (non-hydrogen) atoms. The fourth-order valence-corrected chi connectivity index (χ4v) is 6.77. The van der Waals surface area contributed by atoms with Crippen molar-refractivity contribution < 1.29 is 22.4 Å². The number of likely N-dealkylation sites (tertiary alicyclic amines) is 2. The normalized spacial score (nSPS) is 23.8. The summed E-state index contributed by atoms with van der Waals surface area (Å²) in [6.07, 6.45) is 6.81. The van der Waals surface area contributed by atoms with Gasteiger partial charge in [-0.3, -0.25) is 9.59 Å². The van der Waals surface area contributed by atoms with Crippen LogP contribution in [0.4, 0.5) is 4.39 Å². The molecule has 3 aliphatic rings. The Labute approximate surface area is 189 Å². The van der Waals surface area contributed by atoms with Crippen LogP contribution in [0.2, 0.25) is 0 Å². The molecular formula is C23H32FN3O4S. The molecule has 0 radical (unpaired) electrons. The molecule has 7 nitrogen and oxygen atoms in total. The first-order valence-corrected chi connectivity index (χ1v) is 13.2. The number of piperidine rings is 1. The van der Waals surface area contributed by atoms with Gasteiger partial charge in [0.1, 0.15) is 11.9 Å². The van der Waals surface area contributed by atoms with Gasteiger partial charge in [-0.05, 0) is 62.8 Å². The molecule has 1 aromatic carbocycles. The molecule has 4 rings (SSSR count). The standard InChI is InChI=1S/C23H32FN3O4S/c24-19-7-9-20(10-8-19)32(30,31)27-15-5-6-21(27)23(29)26-16-11-18(12-17-26)22(28)25-13-3-1-2-4-14-25/h7-10,18,21H,1-6,11-17H2. The van der Waals surface area contributed by atoms with E-state index in [4.69, 9.17) is 0 Å². The first-order chi connectivity index (χ1) is 15.4. The number of amides is 2. The van der Waals surface area contributed by atoms with Crippen LogP contribution in [-0.2, 0) is 19.6 Å². The first kappa shape index (κ1) is 23.2. The van der Waals surface area contributed by atoms with E-state index in [1.165, 1.54) is 29.3 Å². The Bertz CT molecular complexity index is 921. The summed E-state index contributed by atoms with van der Waals surface area (Å²) in [7, 11) is -3.87. The van der Waals surface area contributed by atoms with Crippen molar-refractivity contribution in [1.82, 2.24) is 14.1 Å². The lowest BCUT2D eigenvalue weighted by molar-refractivity contribution is -0.142. The van der Waals surface area contributed by atoms with Crippen molar-refractivity contribution >= 4 is 21.8 Å². The molecule has 176 valence electrons. The maximum atomic E-state index is 13.2. The first-order valence-electron chi connectivity index (χ1n) is 11.7. The number of rotatable bonds is 4. The lowest BCUT2D eigenvalue weighted by Crippen LogP contribution is -2.51. The number of hydrogen-bond acceptors (Lipinski definition) is 4. The average molecular weight is 466 g/mol. The van der Waals surface area contributed by atoms with Crippen molar-refractivity contribution in [3.05, 3.63) is 30.1 Å². The van der Waals surface area contributed by atoms with E-state index in [-0.39, 0.29) is 29.2 Å². The molecule has 1 atom stereocenters. The van der Waals surface area contributed by atoms with E-state index in [0.29, 0.717) is 38.8 Å². The van der Waals surface area contributed by atoms with E-state index >= 15 is 0 Å². The van der Waals surface area contributed by atoms with Crippen LogP contribution in [0.5, 0.6) is 0 Å². The van der Waals surface area contributed by atoms with Gasteiger partial charge in [0.2, 0.25) is 21.8 Å². The zero-order chi connectivity index (χ0) is 22.7. The van der Waals surface area contributed by atoms with Gasteiger partial charge in [0.15, 0.2) is 0 Å². The highest BCUT2D eigenvalue weighted by Crippen LogP contribution is 2.29. The summed E-state index contributed by atoms with van der Waals surface area (Å²) in [6.45, 7) is 2.89. The van der Waals surface area contributed by atoms with Crippen molar-refractivity contribution in [2.45, 2.75) is 62.3 Å². The van der Waals surface area contributed by atoms with Crippen LogP contribution in [0, 0.1) is 11.7 Å². The van der Waals surface area contributed by atoms with Gasteiger partial charge < -0.3 is 9.80 Å². The Morgan fingerprint density at radius 1 is 0.750 bits per heavy atom. The molecule has 3 aliphatic heterocycles. The van der Waals surface area contributed by atoms with E-state index in [1.54, 1.807) is 4.90 Å². The van der Waals surface area contributed by atoms with Gasteiger partial charge in [-0.25, -0.2) is 12.8 Å². The largest absolute Gasteiger partial charge is 0.342 e. The van der Waals surface area contributed by atoms with Gasteiger partial charge >= 0.3 is 0 Å². The molecule has 0 aliphatic carbocycles. The zero-order valence-corrected chi connectivity index (χ0v) is 19.2. The SMILES string of the molecule is O=C(C1CCN(C(=O)C2CCCN2S(=O)(=O)c2ccc(F)cc2)CC1)N1CCCCCC1. The summed E-state index contributed by atoms with van der Waals surface area (Å²) >= 11 is 0. The van der Waals surface area contributed by atoms with E-state index < -0.39 is 21.9 Å². The van der Waals surface area contributed by atoms with Gasteiger partial charge in [0.25, 0.3) is 0 Å². The van der Waals surface area contributed by atoms with E-state index in [9.17, 15) is 22.4 Å². The molecule has 3 heterocycles. The maximum absolute atomic E-state index is 13.2. The van der Waals surface area contributed by atoms with Crippen molar-refractivity contribution in [3.63, 3.8) is 0 Å². The Morgan fingerprint density at radius 3 is 1.97 bits per heavy atom. The maximum Gasteiger partial charge on any atom is 0.243 e. The van der Waals surface area contributed by atoms with Crippen molar-refractivity contribution in [1.29, 1.82) is 0 Å². The number of carbonyl (C=O) groups excluding carboxylic acids is 2. The van der Waals surface area contributed by atoms with E-state index in [1.807, 2.05) is 4.90 Å². The lowest BCUT2D eigenvalue weighted by atomic mass is 9.94. The minimum Gasteiger partial charge on any atom is -0.342 e. The van der Waals surface area contributed by atoms with E-state index in [2.05, 4.69) is 0 Å². The van der Waals surface area contributed by atoms with Gasteiger partial charge in [-0.2, -0.15) is 4.31 Å². The third-order valence-electron chi connectivity index (χ3n) is 6.98. The summed E-state index contributed by atoms with van der Waals surface area (Å²) in [5, 5.41) is 0. The predicted molar refractivity (Wildman–Crippen MR) is 118 cm³/mol. The van der Waals surface area contributed by atoms with Crippen LogP contribution in [0.15, 0.2) is 29.2 Å². The van der Waals surface area contributed by atoms with Crippen molar-refractivity contribution in [2.24, 2.45) is 5.92 Å². The van der Waals surface area contributed by atoms with Crippen LogP contribution in [-0.4, -0.2) is 73.1 Å². The van der Waals surface area contributed by atoms with Gasteiger partial charge in [0.05, 0.1) is 4.90 Å². The Morgan fingerprint density at radius 2 is 1.34 bits per heavy atom. The van der Waals surface area contributed by atoms with Crippen molar-refractivity contribution in [3.8, 4) is 0 Å². The highest BCUT2D eigenvalue weighted by Gasteiger charge is 2.42. The molecular weight excluding hydrogens is 433 g/mol.